The van der Waals surface area contributed by atoms with Crippen molar-refractivity contribution >= 4 is 17.5 Å². The van der Waals surface area contributed by atoms with Gasteiger partial charge < -0.3 is 9.64 Å². The molecule has 0 radical (unpaired) electrons. The van der Waals surface area contributed by atoms with E-state index in [0.717, 1.165) is 5.69 Å². The van der Waals surface area contributed by atoms with Crippen LogP contribution in [0.5, 0.6) is 0 Å². The minimum absolute atomic E-state index is 0.0513. The molecule has 0 amide bonds. The zero-order chi connectivity index (χ0) is 16.1. The third-order valence-electron chi connectivity index (χ3n) is 3.37. The fourth-order valence-corrected chi connectivity index (χ4v) is 2.12. The summed E-state index contributed by atoms with van der Waals surface area (Å²) in [5.41, 5.74) is 2.06. The number of carbonyl (C=O) groups is 1. The van der Waals surface area contributed by atoms with Gasteiger partial charge in [-0.1, -0.05) is 30.3 Å². The van der Waals surface area contributed by atoms with Crippen LogP contribution in [-0.2, 0) is 4.74 Å². The predicted molar refractivity (Wildman–Crippen MR) is 86.8 cm³/mol. The Bertz CT molecular complexity index is 742. The van der Waals surface area contributed by atoms with E-state index in [1.54, 1.807) is 24.4 Å². The van der Waals surface area contributed by atoms with Gasteiger partial charge in [-0.25, -0.2) is 9.97 Å². The minimum atomic E-state index is -0.0835. The monoisotopic (exact) mass is 308 g/mol. The number of aromatic nitrogens is 2. The number of benzene rings is 1. The first-order valence-electron chi connectivity index (χ1n) is 7.21. The highest BCUT2D eigenvalue weighted by atomic mass is 16.5. The summed E-state index contributed by atoms with van der Waals surface area (Å²) in [4.78, 5) is 26.5. The van der Waals surface area contributed by atoms with Gasteiger partial charge in [-0.05, 0) is 12.1 Å². The van der Waals surface area contributed by atoms with Crippen LogP contribution in [0.3, 0.4) is 0 Å². The molecule has 0 aliphatic carbocycles. The second-order valence-corrected chi connectivity index (χ2v) is 5.04. The number of carbonyl (C=O) groups excluding carboxylic acids is 1. The third kappa shape index (κ3) is 3.60. The second kappa shape index (κ2) is 6.83. The van der Waals surface area contributed by atoms with Crippen molar-refractivity contribution in [2.75, 3.05) is 20.2 Å². The van der Waals surface area contributed by atoms with E-state index in [1.807, 2.05) is 36.2 Å². The molecule has 6 heteroatoms. The summed E-state index contributed by atoms with van der Waals surface area (Å²) in [5, 5.41) is 0. The highest BCUT2D eigenvalue weighted by molar-refractivity contribution is 5.98. The molecule has 0 spiro atoms. The number of hydrogen-bond acceptors (Lipinski definition) is 6. The minimum Gasteiger partial charge on any atom is -0.456 e. The Morgan fingerprint density at radius 3 is 2.83 bits per heavy atom. The van der Waals surface area contributed by atoms with Crippen LogP contribution in [0.25, 0.3) is 5.70 Å². The van der Waals surface area contributed by atoms with E-state index in [-0.39, 0.29) is 12.4 Å². The van der Waals surface area contributed by atoms with Gasteiger partial charge in [0, 0.05) is 25.4 Å². The van der Waals surface area contributed by atoms with Crippen LogP contribution in [0.15, 0.2) is 60.0 Å². The molecule has 0 unspecified atom stereocenters. The lowest BCUT2D eigenvalue weighted by atomic mass is 10.1. The van der Waals surface area contributed by atoms with Crippen LogP contribution in [0.4, 0.5) is 0 Å². The lowest BCUT2D eigenvalue weighted by Crippen LogP contribution is -2.33. The van der Waals surface area contributed by atoms with Gasteiger partial charge in [0.25, 0.3) is 6.02 Å². The zero-order valence-electron chi connectivity index (χ0n) is 12.7. The molecule has 0 N–H and O–H groups in total. The topological polar surface area (TPSA) is 67.7 Å². The summed E-state index contributed by atoms with van der Waals surface area (Å²) in [6, 6.07) is 11.3. The molecule has 3 rings (SSSR count). The molecule has 0 saturated carbocycles. The first-order valence-corrected chi connectivity index (χ1v) is 7.21. The summed E-state index contributed by atoms with van der Waals surface area (Å²) in [5.74, 6) is -0.0835. The van der Waals surface area contributed by atoms with Gasteiger partial charge in [-0.15, -0.1) is 0 Å². The van der Waals surface area contributed by atoms with Crippen molar-refractivity contribution in [3.8, 4) is 0 Å². The highest BCUT2D eigenvalue weighted by Crippen LogP contribution is 2.17. The van der Waals surface area contributed by atoms with E-state index in [0.29, 0.717) is 23.8 Å². The molecule has 23 heavy (non-hydrogen) atoms. The number of ketones is 1. The molecule has 1 aromatic carbocycles. The second-order valence-electron chi connectivity index (χ2n) is 5.04. The zero-order valence-corrected chi connectivity index (χ0v) is 12.7. The Hall–Kier alpha value is -3.02. The van der Waals surface area contributed by atoms with E-state index in [1.165, 1.54) is 6.33 Å². The predicted octanol–water partition coefficient (Wildman–Crippen LogP) is 2.02. The van der Waals surface area contributed by atoms with Crippen LogP contribution in [-0.4, -0.2) is 46.9 Å². The summed E-state index contributed by atoms with van der Waals surface area (Å²) in [6.07, 6.45) is 5.09. The number of rotatable bonds is 4. The molecule has 6 nitrogen and oxygen atoms in total. The van der Waals surface area contributed by atoms with E-state index in [4.69, 9.17) is 4.74 Å². The molecule has 2 aromatic rings. The molecule has 2 heterocycles. The fourth-order valence-electron chi connectivity index (χ4n) is 2.12. The number of hydrogen-bond donors (Lipinski definition) is 0. The van der Waals surface area contributed by atoms with Crippen LogP contribution in [0, 0.1) is 0 Å². The van der Waals surface area contributed by atoms with Crippen molar-refractivity contribution < 1.29 is 9.53 Å². The maximum absolute atomic E-state index is 12.1. The highest BCUT2D eigenvalue weighted by Gasteiger charge is 2.17. The van der Waals surface area contributed by atoms with Crippen LogP contribution < -0.4 is 0 Å². The van der Waals surface area contributed by atoms with Gasteiger partial charge in [0.1, 0.15) is 6.33 Å². The maximum atomic E-state index is 12.1. The molecular formula is C17H16N4O2. The molecular weight excluding hydrogens is 292 g/mol. The Balaban J connectivity index is 1.70. The number of ether oxygens (including phenoxy) is 1. The maximum Gasteiger partial charge on any atom is 0.293 e. The third-order valence-corrected chi connectivity index (χ3v) is 3.37. The van der Waals surface area contributed by atoms with Gasteiger partial charge in [-0.2, -0.15) is 4.99 Å². The fraction of sp³-hybridized carbons (Fsp3) is 0.176. The van der Waals surface area contributed by atoms with Crippen molar-refractivity contribution in [3.63, 3.8) is 0 Å². The average Bonchev–Trinajstić information content (AvgIpc) is 2.62. The van der Waals surface area contributed by atoms with E-state index >= 15 is 0 Å². The molecule has 0 bridgehead atoms. The molecule has 1 aliphatic rings. The Morgan fingerprint density at radius 2 is 2.09 bits per heavy atom. The molecule has 1 aromatic heterocycles. The van der Waals surface area contributed by atoms with E-state index < -0.39 is 0 Å². The van der Waals surface area contributed by atoms with Gasteiger partial charge in [0.15, 0.2) is 12.4 Å². The van der Waals surface area contributed by atoms with Gasteiger partial charge in [-0.3, -0.25) is 4.79 Å². The van der Waals surface area contributed by atoms with Crippen molar-refractivity contribution in [3.05, 3.63) is 66.3 Å². The number of nitrogens with zero attached hydrogens (tertiary/aromatic N) is 4. The average molecular weight is 308 g/mol. The Labute approximate surface area is 134 Å². The lowest BCUT2D eigenvalue weighted by Gasteiger charge is -2.23. The van der Waals surface area contributed by atoms with Crippen molar-refractivity contribution in [2.24, 2.45) is 4.99 Å². The SMILES string of the molecule is CN1CC=C(c2ccncn2)N=C1OCC(=O)c1ccccc1. The Kier molecular flexibility index (Phi) is 4.42. The summed E-state index contributed by atoms with van der Waals surface area (Å²) < 4.78 is 5.61. The summed E-state index contributed by atoms with van der Waals surface area (Å²) >= 11 is 0. The van der Waals surface area contributed by atoms with Crippen LogP contribution in [0.1, 0.15) is 16.1 Å². The van der Waals surface area contributed by atoms with E-state index in [9.17, 15) is 4.79 Å². The van der Waals surface area contributed by atoms with Crippen LogP contribution in [0.2, 0.25) is 0 Å². The Morgan fingerprint density at radius 1 is 1.26 bits per heavy atom. The normalized spacial score (nSPS) is 14.0. The van der Waals surface area contributed by atoms with Crippen molar-refractivity contribution in [2.45, 2.75) is 0 Å². The van der Waals surface area contributed by atoms with Gasteiger partial charge in [0.2, 0.25) is 0 Å². The number of Topliss-reactive ketones (excluding diaryl/α,β-unsaturated/α-hetero) is 1. The first-order chi connectivity index (χ1) is 11.2. The standard InChI is InChI=1S/C17H16N4O2/c1-21-10-8-15(14-7-9-18-12-19-14)20-17(21)23-11-16(22)13-5-3-2-4-6-13/h2-9,12H,10-11H2,1H3. The lowest BCUT2D eigenvalue weighted by molar-refractivity contribution is 0.0898. The van der Waals surface area contributed by atoms with E-state index in [2.05, 4.69) is 15.0 Å². The molecule has 116 valence electrons. The number of likely N-dealkylation sites (N-methyl/N-ethyl adjacent to an activating group) is 1. The van der Waals surface area contributed by atoms with Crippen LogP contribution >= 0.6 is 0 Å². The summed E-state index contributed by atoms with van der Waals surface area (Å²) in [6.45, 7) is 0.585. The van der Waals surface area contributed by atoms with Gasteiger partial charge >= 0.3 is 0 Å². The van der Waals surface area contributed by atoms with Crippen molar-refractivity contribution in [1.29, 1.82) is 0 Å². The molecule has 0 fully saturated rings. The first kappa shape index (κ1) is 14.9. The number of aliphatic imine (C=N–C) groups is 1. The molecule has 0 saturated heterocycles. The quantitative estimate of drug-likeness (QED) is 0.808. The molecule has 1 aliphatic heterocycles. The largest absolute Gasteiger partial charge is 0.456 e. The smallest absolute Gasteiger partial charge is 0.293 e. The number of amidine groups is 1. The van der Waals surface area contributed by atoms with Crippen molar-refractivity contribution in [1.82, 2.24) is 14.9 Å². The summed E-state index contributed by atoms with van der Waals surface area (Å²) in [7, 11) is 1.86. The molecule has 0 atom stereocenters. The van der Waals surface area contributed by atoms with Gasteiger partial charge in [0.05, 0.1) is 11.4 Å².